The molecule has 0 aliphatic rings. The van der Waals surface area contributed by atoms with Crippen LogP contribution in [0.25, 0.3) is 0 Å². The van der Waals surface area contributed by atoms with Crippen LogP contribution < -0.4 is 5.73 Å². The molecule has 1 aromatic heterocycles. The summed E-state index contributed by atoms with van der Waals surface area (Å²) in [4.78, 5) is 1.12. The first kappa shape index (κ1) is 13.0. The van der Waals surface area contributed by atoms with Crippen LogP contribution in [-0.4, -0.2) is 0 Å². The number of hydrogen-bond donors (Lipinski definition) is 1. The monoisotopic (exact) mass is 333 g/mol. The van der Waals surface area contributed by atoms with Crippen LogP contribution in [0.3, 0.4) is 0 Å². The predicted octanol–water partition coefficient (Wildman–Crippen LogP) is 4.55. The Bertz CT molecular complexity index is 529. The summed E-state index contributed by atoms with van der Waals surface area (Å²) in [7, 11) is 0. The molecule has 5 heteroatoms. The summed E-state index contributed by atoms with van der Waals surface area (Å²) in [6.07, 6.45) is 0.620. The fraction of sp³-hybridized carbons (Fsp3) is 0.167. The van der Waals surface area contributed by atoms with Crippen molar-refractivity contribution in [3.63, 3.8) is 0 Å². The summed E-state index contributed by atoms with van der Waals surface area (Å²) >= 11 is 10.7. The highest BCUT2D eigenvalue weighted by molar-refractivity contribution is 9.11. The van der Waals surface area contributed by atoms with Gasteiger partial charge < -0.3 is 5.73 Å². The molecular weight excluding hydrogens is 325 g/mol. The predicted molar refractivity (Wildman–Crippen MR) is 74.1 cm³/mol. The van der Waals surface area contributed by atoms with Gasteiger partial charge in [-0.25, -0.2) is 4.39 Å². The lowest BCUT2D eigenvalue weighted by atomic mass is 10.0. The average Bonchev–Trinajstić information content (AvgIpc) is 2.63. The van der Waals surface area contributed by atoms with E-state index in [0.717, 1.165) is 8.66 Å². The fourth-order valence-electron chi connectivity index (χ4n) is 1.59. The highest BCUT2D eigenvalue weighted by atomic mass is 79.9. The molecule has 0 saturated heterocycles. The van der Waals surface area contributed by atoms with Gasteiger partial charge in [0.05, 0.1) is 3.79 Å². The van der Waals surface area contributed by atoms with E-state index in [1.807, 2.05) is 12.1 Å². The molecule has 1 unspecified atom stereocenters. The van der Waals surface area contributed by atoms with Gasteiger partial charge in [-0.15, -0.1) is 11.3 Å². The third-order valence-electron chi connectivity index (χ3n) is 2.41. The topological polar surface area (TPSA) is 26.0 Å². The minimum Gasteiger partial charge on any atom is -0.324 e. The summed E-state index contributed by atoms with van der Waals surface area (Å²) < 4.78 is 14.7. The smallest absolute Gasteiger partial charge is 0.129 e. The van der Waals surface area contributed by atoms with Crippen molar-refractivity contribution in [2.24, 2.45) is 5.73 Å². The van der Waals surface area contributed by atoms with Crippen LogP contribution in [0.2, 0.25) is 5.02 Å². The van der Waals surface area contributed by atoms with Crippen molar-refractivity contribution >= 4 is 38.9 Å². The van der Waals surface area contributed by atoms with E-state index in [1.54, 1.807) is 23.5 Å². The van der Waals surface area contributed by atoms with Crippen molar-refractivity contribution in [2.75, 3.05) is 0 Å². The molecule has 0 fully saturated rings. The first-order chi connectivity index (χ1) is 8.06. The lowest BCUT2D eigenvalue weighted by molar-refractivity contribution is 0.582. The van der Waals surface area contributed by atoms with Gasteiger partial charge in [0.1, 0.15) is 5.82 Å². The largest absolute Gasteiger partial charge is 0.324 e. The van der Waals surface area contributed by atoms with Crippen molar-refractivity contribution in [3.05, 3.63) is 55.4 Å². The molecule has 2 rings (SSSR count). The SMILES string of the molecule is NC(Cc1ccc(Br)s1)c1ccc(Cl)cc1F. The first-order valence-electron chi connectivity index (χ1n) is 5.01. The standard InChI is InChI=1S/C12H10BrClFNS/c13-12-4-2-8(17-12)6-11(16)9-3-1-7(14)5-10(9)15/h1-5,11H,6,16H2. The Kier molecular flexibility index (Phi) is 4.20. The van der Waals surface area contributed by atoms with Crippen molar-refractivity contribution in [2.45, 2.75) is 12.5 Å². The van der Waals surface area contributed by atoms with Crippen molar-refractivity contribution in [1.82, 2.24) is 0 Å². The molecule has 1 heterocycles. The van der Waals surface area contributed by atoms with Crippen molar-refractivity contribution < 1.29 is 4.39 Å². The Morgan fingerprint density at radius 3 is 2.71 bits per heavy atom. The van der Waals surface area contributed by atoms with Gasteiger partial charge in [-0.1, -0.05) is 17.7 Å². The molecule has 2 N–H and O–H groups in total. The van der Waals surface area contributed by atoms with E-state index in [1.165, 1.54) is 6.07 Å². The number of hydrogen-bond acceptors (Lipinski definition) is 2. The third kappa shape index (κ3) is 3.28. The minimum absolute atomic E-state index is 0.347. The molecule has 1 aromatic carbocycles. The second-order valence-electron chi connectivity index (χ2n) is 3.68. The van der Waals surface area contributed by atoms with Crippen molar-refractivity contribution in [1.29, 1.82) is 0 Å². The van der Waals surface area contributed by atoms with Crippen LogP contribution in [0.1, 0.15) is 16.5 Å². The van der Waals surface area contributed by atoms with Crippen LogP contribution in [0.4, 0.5) is 4.39 Å². The molecule has 0 bridgehead atoms. The molecular formula is C12H10BrClFNS. The number of nitrogens with two attached hydrogens (primary N) is 1. The lowest BCUT2D eigenvalue weighted by Crippen LogP contribution is -2.14. The van der Waals surface area contributed by atoms with Gasteiger partial charge in [0, 0.05) is 27.9 Å². The van der Waals surface area contributed by atoms with E-state index >= 15 is 0 Å². The van der Waals surface area contributed by atoms with Gasteiger partial charge in [-0.3, -0.25) is 0 Å². The zero-order chi connectivity index (χ0) is 12.4. The molecule has 0 aliphatic carbocycles. The summed E-state index contributed by atoms with van der Waals surface area (Å²) in [6.45, 7) is 0. The van der Waals surface area contributed by atoms with E-state index in [-0.39, 0.29) is 11.9 Å². The van der Waals surface area contributed by atoms with Crippen LogP contribution in [0.5, 0.6) is 0 Å². The van der Waals surface area contributed by atoms with E-state index in [4.69, 9.17) is 17.3 Å². The Morgan fingerprint density at radius 2 is 2.12 bits per heavy atom. The van der Waals surface area contributed by atoms with Crippen LogP contribution >= 0.6 is 38.9 Å². The van der Waals surface area contributed by atoms with Gasteiger partial charge in [-0.2, -0.15) is 0 Å². The highest BCUT2D eigenvalue weighted by Gasteiger charge is 2.13. The van der Waals surface area contributed by atoms with E-state index < -0.39 is 0 Å². The molecule has 0 spiro atoms. The van der Waals surface area contributed by atoms with Gasteiger partial charge >= 0.3 is 0 Å². The lowest BCUT2D eigenvalue weighted by Gasteiger charge is -2.12. The third-order valence-corrected chi connectivity index (χ3v) is 4.29. The first-order valence-corrected chi connectivity index (χ1v) is 7.00. The van der Waals surface area contributed by atoms with Crippen LogP contribution in [-0.2, 0) is 6.42 Å². The second kappa shape index (κ2) is 5.48. The van der Waals surface area contributed by atoms with E-state index in [2.05, 4.69) is 15.9 Å². The molecule has 0 saturated carbocycles. The van der Waals surface area contributed by atoms with Crippen LogP contribution in [0, 0.1) is 5.82 Å². The molecule has 90 valence electrons. The number of rotatable bonds is 3. The Labute approximate surface area is 117 Å². The Morgan fingerprint density at radius 1 is 1.35 bits per heavy atom. The summed E-state index contributed by atoms with van der Waals surface area (Å²) in [5.74, 6) is -0.347. The summed E-state index contributed by atoms with van der Waals surface area (Å²) in [5.41, 5.74) is 6.49. The van der Waals surface area contributed by atoms with Gasteiger partial charge in [0.2, 0.25) is 0 Å². The average molecular weight is 335 g/mol. The molecule has 17 heavy (non-hydrogen) atoms. The zero-order valence-electron chi connectivity index (χ0n) is 8.79. The number of thiophene rings is 1. The zero-order valence-corrected chi connectivity index (χ0v) is 11.9. The molecule has 2 aromatic rings. The maximum absolute atomic E-state index is 13.6. The summed E-state index contributed by atoms with van der Waals surface area (Å²) in [5, 5.41) is 0.386. The minimum atomic E-state index is -0.349. The van der Waals surface area contributed by atoms with Gasteiger partial charge in [0.15, 0.2) is 0 Å². The normalized spacial score (nSPS) is 12.7. The molecule has 1 atom stereocenters. The quantitative estimate of drug-likeness (QED) is 0.876. The van der Waals surface area contributed by atoms with E-state index in [9.17, 15) is 4.39 Å². The Hall–Kier alpha value is -0.420. The number of halogens is 3. The molecule has 0 amide bonds. The molecule has 1 nitrogen and oxygen atoms in total. The van der Waals surface area contributed by atoms with Gasteiger partial charge in [0.25, 0.3) is 0 Å². The Balaban J connectivity index is 2.17. The molecule has 0 radical (unpaired) electrons. The van der Waals surface area contributed by atoms with E-state index in [0.29, 0.717) is 17.0 Å². The number of benzene rings is 1. The second-order valence-corrected chi connectivity index (χ2v) is 6.67. The van der Waals surface area contributed by atoms with Gasteiger partial charge in [-0.05, 0) is 40.2 Å². The summed E-state index contributed by atoms with van der Waals surface area (Å²) in [6, 6.07) is 8.20. The maximum Gasteiger partial charge on any atom is 0.129 e. The highest BCUT2D eigenvalue weighted by Crippen LogP contribution is 2.27. The molecule has 0 aliphatic heterocycles. The fourth-order valence-corrected chi connectivity index (χ4v) is 3.29. The van der Waals surface area contributed by atoms with Crippen LogP contribution in [0.15, 0.2) is 34.1 Å². The maximum atomic E-state index is 13.6. The van der Waals surface area contributed by atoms with Crippen molar-refractivity contribution in [3.8, 4) is 0 Å².